The van der Waals surface area contributed by atoms with Crippen molar-refractivity contribution in [3.63, 3.8) is 0 Å². The Morgan fingerprint density at radius 2 is 2.04 bits per heavy atom. The van der Waals surface area contributed by atoms with E-state index in [4.69, 9.17) is 0 Å². The Bertz CT molecular complexity index is 954. The number of hydrogen-bond donors (Lipinski definition) is 2. The number of rotatable bonds is 5. The van der Waals surface area contributed by atoms with Gasteiger partial charge in [-0.2, -0.15) is 5.10 Å². The standard InChI is InChI=1S/C21H21FN4O/c1-14(16-7-3-2-4-8-16)26-12-18-19(13-26)24-25-21(18)23-20(27)11-15-6-5-9-17(22)10-15/h2-10,14H,11-13H2,1H3,(H2,23,24,25,27). The van der Waals surface area contributed by atoms with Crippen molar-refractivity contribution in [3.8, 4) is 0 Å². The molecule has 1 aromatic heterocycles. The molecule has 1 amide bonds. The third-order valence-corrected chi connectivity index (χ3v) is 5.02. The number of hydrogen-bond acceptors (Lipinski definition) is 3. The van der Waals surface area contributed by atoms with E-state index in [-0.39, 0.29) is 24.2 Å². The highest BCUT2D eigenvalue weighted by Gasteiger charge is 2.29. The fourth-order valence-electron chi connectivity index (χ4n) is 3.49. The lowest BCUT2D eigenvalue weighted by Crippen LogP contribution is -2.22. The fourth-order valence-corrected chi connectivity index (χ4v) is 3.49. The van der Waals surface area contributed by atoms with Gasteiger partial charge in [0.1, 0.15) is 5.82 Å². The lowest BCUT2D eigenvalue weighted by Gasteiger charge is -2.24. The predicted octanol–water partition coefficient (Wildman–Crippen LogP) is 3.81. The zero-order valence-corrected chi connectivity index (χ0v) is 15.1. The van der Waals surface area contributed by atoms with Crippen LogP contribution in [-0.2, 0) is 24.3 Å². The van der Waals surface area contributed by atoms with Gasteiger partial charge in [0.15, 0.2) is 5.82 Å². The van der Waals surface area contributed by atoms with Crippen molar-refractivity contribution in [2.75, 3.05) is 5.32 Å². The number of nitrogens with zero attached hydrogens (tertiary/aromatic N) is 2. The van der Waals surface area contributed by atoms with Crippen molar-refractivity contribution < 1.29 is 9.18 Å². The van der Waals surface area contributed by atoms with E-state index in [9.17, 15) is 9.18 Å². The second-order valence-corrected chi connectivity index (χ2v) is 6.88. The van der Waals surface area contributed by atoms with E-state index >= 15 is 0 Å². The molecule has 2 N–H and O–H groups in total. The van der Waals surface area contributed by atoms with Crippen molar-refractivity contribution in [2.24, 2.45) is 0 Å². The average Bonchev–Trinajstić information content (AvgIpc) is 3.24. The summed E-state index contributed by atoms with van der Waals surface area (Å²) in [5.74, 6) is 0.0186. The molecule has 4 rings (SSSR count). The Morgan fingerprint density at radius 1 is 1.22 bits per heavy atom. The van der Waals surface area contributed by atoms with Crippen LogP contribution < -0.4 is 5.32 Å². The molecule has 1 atom stereocenters. The van der Waals surface area contributed by atoms with E-state index < -0.39 is 0 Å². The van der Waals surface area contributed by atoms with Crippen LogP contribution in [0.5, 0.6) is 0 Å². The summed E-state index contributed by atoms with van der Waals surface area (Å²) in [6.45, 7) is 3.66. The number of carbonyl (C=O) groups excluding carboxylic acids is 1. The van der Waals surface area contributed by atoms with Crippen LogP contribution in [0.4, 0.5) is 10.2 Å². The van der Waals surface area contributed by atoms with Gasteiger partial charge in [-0.05, 0) is 30.2 Å². The SMILES string of the molecule is CC(c1ccccc1)N1Cc2[nH]nc(NC(=O)Cc3cccc(F)c3)c2C1. The van der Waals surface area contributed by atoms with E-state index in [0.29, 0.717) is 11.4 Å². The van der Waals surface area contributed by atoms with E-state index in [2.05, 4.69) is 39.5 Å². The smallest absolute Gasteiger partial charge is 0.230 e. The van der Waals surface area contributed by atoms with Gasteiger partial charge in [-0.25, -0.2) is 4.39 Å². The molecule has 0 spiro atoms. The average molecular weight is 364 g/mol. The van der Waals surface area contributed by atoms with Gasteiger partial charge in [-0.1, -0.05) is 42.5 Å². The van der Waals surface area contributed by atoms with Gasteiger partial charge in [0.05, 0.1) is 12.1 Å². The van der Waals surface area contributed by atoms with Gasteiger partial charge in [-0.15, -0.1) is 0 Å². The quantitative estimate of drug-likeness (QED) is 0.724. The number of amides is 1. The lowest BCUT2D eigenvalue weighted by molar-refractivity contribution is -0.115. The van der Waals surface area contributed by atoms with Gasteiger partial charge in [0.25, 0.3) is 0 Å². The molecule has 0 bridgehead atoms. The van der Waals surface area contributed by atoms with Gasteiger partial charge >= 0.3 is 0 Å². The molecule has 0 saturated carbocycles. The van der Waals surface area contributed by atoms with Gasteiger partial charge in [-0.3, -0.25) is 14.8 Å². The first kappa shape index (κ1) is 17.4. The van der Waals surface area contributed by atoms with E-state index in [1.54, 1.807) is 12.1 Å². The summed E-state index contributed by atoms with van der Waals surface area (Å²) in [6, 6.07) is 16.7. The summed E-state index contributed by atoms with van der Waals surface area (Å²) in [5, 5.41) is 10.1. The first-order valence-corrected chi connectivity index (χ1v) is 8.99. The Labute approximate surface area is 157 Å². The van der Waals surface area contributed by atoms with Crippen LogP contribution in [0.2, 0.25) is 0 Å². The highest BCUT2D eigenvalue weighted by Crippen LogP contribution is 2.33. The van der Waals surface area contributed by atoms with Crippen LogP contribution in [0.1, 0.15) is 35.3 Å². The predicted molar refractivity (Wildman–Crippen MR) is 101 cm³/mol. The minimum absolute atomic E-state index is 0.115. The molecule has 0 fully saturated rings. The van der Waals surface area contributed by atoms with Crippen LogP contribution in [0.15, 0.2) is 54.6 Å². The maximum atomic E-state index is 13.3. The second kappa shape index (κ2) is 7.32. The molecular formula is C21H21FN4O. The Hall–Kier alpha value is -2.99. The number of benzene rings is 2. The zero-order valence-electron chi connectivity index (χ0n) is 15.1. The third kappa shape index (κ3) is 3.75. The number of aromatic amines is 1. The van der Waals surface area contributed by atoms with Gasteiger partial charge in [0.2, 0.25) is 5.91 Å². The molecule has 2 heterocycles. The number of anilines is 1. The number of fused-ring (bicyclic) bond motifs is 1. The van der Waals surface area contributed by atoms with Gasteiger partial charge < -0.3 is 5.32 Å². The van der Waals surface area contributed by atoms with Crippen molar-refractivity contribution in [2.45, 2.75) is 32.5 Å². The molecule has 138 valence electrons. The Kier molecular flexibility index (Phi) is 4.73. The number of aromatic nitrogens is 2. The van der Waals surface area contributed by atoms with Crippen LogP contribution in [-0.4, -0.2) is 21.0 Å². The molecule has 0 aliphatic carbocycles. The molecule has 0 saturated heterocycles. The molecule has 0 radical (unpaired) electrons. The first-order valence-electron chi connectivity index (χ1n) is 8.99. The van der Waals surface area contributed by atoms with Crippen molar-refractivity contribution in [3.05, 3.63) is 82.8 Å². The molecular weight excluding hydrogens is 343 g/mol. The number of H-pyrrole nitrogens is 1. The van der Waals surface area contributed by atoms with Crippen LogP contribution >= 0.6 is 0 Å². The van der Waals surface area contributed by atoms with Crippen LogP contribution in [0.25, 0.3) is 0 Å². The monoisotopic (exact) mass is 364 g/mol. The van der Waals surface area contributed by atoms with Crippen molar-refractivity contribution >= 4 is 11.7 Å². The number of nitrogens with one attached hydrogen (secondary N) is 2. The summed E-state index contributed by atoms with van der Waals surface area (Å²) >= 11 is 0. The Balaban J connectivity index is 1.43. The van der Waals surface area contributed by atoms with Crippen LogP contribution in [0, 0.1) is 5.82 Å². The maximum absolute atomic E-state index is 13.3. The topological polar surface area (TPSA) is 61.0 Å². The maximum Gasteiger partial charge on any atom is 0.230 e. The molecule has 3 aromatic rings. The molecule has 1 unspecified atom stereocenters. The number of halogens is 1. The van der Waals surface area contributed by atoms with E-state index in [1.165, 1.54) is 17.7 Å². The minimum atomic E-state index is -0.341. The van der Waals surface area contributed by atoms with Crippen LogP contribution in [0.3, 0.4) is 0 Å². The summed E-state index contributed by atoms with van der Waals surface area (Å²) in [4.78, 5) is 14.7. The molecule has 2 aromatic carbocycles. The fraction of sp³-hybridized carbons (Fsp3) is 0.238. The lowest BCUT2D eigenvalue weighted by atomic mass is 10.1. The second-order valence-electron chi connectivity index (χ2n) is 6.88. The van der Waals surface area contributed by atoms with Crippen molar-refractivity contribution in [1.29, 1.82) is 0 Å². The summed E-state index contributed by atoms with van der Waals surface area (Å²) in [6.07, 6.45) is 0.115. The largest absolute Gasteiger partial charge is 0.309 e. The molecule has 5 nitrogen and oxygen atoms in total. The zero-order chi connectivity index (χ0) is 18.8. The Morgan fingerprint density at radius 3 is 2.81 bits per heavy atom. The molecule has 1 aliphatic heterocycles. The molecule has 27 heavy (non-hydrogen) atoms. The highest BCUT2D eigenvalue weighted by molar-refractivity contribution is 5.92. The molecule has 6 heteroatoms. The highest BCUT2D eigenvalue weighted by atomic mass is 19.1. The normalized spacial score (nSPS) is 14.7. The van der Waals surface area contributed by atoms with Crippen molar-refractivity contribution in [1.82, 2.24) is 15.1 Å². The van der Waals surface area contributed by atoms with E-state index in [1.807, 2.05) is 18.2 Å². The summed E-state index contributed by atoms with van der Waals surface area (Å²) in [5.41, 5.74) is 3.94. The van der Waals surface area contributed by atoms with E-state index in [0.717, 1.165) is 24.3 Å². The first-order chi connectivity index (χ1) is 13.1. The summed E-state index contributed by atoms with van der Waals surface area (Å²) in [7, 11) is 0. The molecule has 1 aliphatic rings. The third-order valence-electron chi connectivity index (χ3n) is 5.02. The number of carbonyl (C=O) groups is 1. The minimum Gasteiger partial charge on any atom is -0.309 e. The van der Waals surface area contributed by atoms with Gasteiger partial charge in [0, 0.05) is 24.7 Å². The summed E-state index contributed by atoms with van der Waals surface area (Å²) < 4.78 is 13.3.